The minimum Gasteiger partial charge on any atom is -0.382 e. The van der Waals surface area contributed by atoms with Crippen molar-refractivity contribution in [2.24, 2.45) is 0 Å². The van der Waals surface area contributed by atoms with Gasteiger partial charge in [0.15, 0.2) is 11.5 Å². The van der Waals surface area contributed by atoms with Crippen molar-refractivity contribution in [3.63, 3.8) is 0 Å². The summed E-state index contributed by atoms with van der Waals surface area (Å²) in [5.41, 5.74) is 7.36. The lowest BCUT2D eigenvalue weighted by Crippen LogP contribution is -2.44. The van der Waals surface area contributed by atoms with Gasteiger partial charge < -0.3 is 10.3 Å². The van der Waals surface area contributed by atoms with Crippen molar-refractivity contribution in [2.45, 2.75) is 58.2 Å². The molecule has 3 rings (SSSR count). The van der Waals surface area contributed by atoms with Gasteiger partial charge in [0.05, 0.1) is 6.33 Å². The Hall–Kier alpha value is -1.69. The van der Waals surface area contributed by atoms with Crippen LogP contribution in [0.25, 0.3) is 11.2 Å². The molecule has 6 nitrogen and oxygen atoms in total. The molecule has 2 N–H and O–H groups in total. The summed E-state index contributed by atoms with van der Waals surface area (Å²) < 4.78 is 2.08. The van der Waals surface area contributed by atoms with Crippen molar-refractivity contribution in [1.82, 2.24) is 24.4 Å². The van der Waals surface area contributed by atoms with Gasteiger partial charge in [0.25, 0.3) is 0 Å². The molecule has 0 aromatic carbocycles. The van der Waals surface area contributed by atoms with Crippen LogP contribution in [-0.4, -0.2) is 43.0 Å². The van der Waals surface area contributed by atoms with Crippen LogP contribution in [0, 0.1) is 0 Å². The minimum absolute atomic E-state index is 0.456. The third kappa shape index (κ3) is 2.85. The summed E-state index contributed by atoms with van der Waals surface area (Å²) >= 11 is 0. The third-order valence-corrected chi connectivity index (χ3v) is 4.62. The van der Waals surface area contributed by atoms with Gasteiger partial charge in [-0.25, -0.2) is 15.0 Å². The van der Waals surface area contributed by atoms with Crippen molar-refractivity contribution in [3.05, 3.63) is 12.7 Å². The maximum Gasteiger partial charge on any atom is 0.165 e. The zero-order valence-electron chi connectivity index (χ0n) is 12.9. The zero-order chi connectivity index (χ0) is 14.8. The maximum atomic E-state index is 5.82. The van der Waals surface area contributed by atoms with Crippen LogP contribution in [0.1, 0.15) is 39.5 Å². The van der Waals surface area contributed by atoms with E-state index in [-0.39, 0.29) is 0 Å². The number of fused-ring (bicyclic) bond motifs is 1. The fourth-order valence-corrected chi connectivity index (χ4v) is 3.40. The van der Waals surface area contributed by atoms with E-state index in [4.69, 9.17) is 5.73 Å². The SMILES string of the molecule is CC1CCCC(C)N1CCCn1cnc2c(N)ncnc21. The number of nitrogen functional groups attached to an aromatic ring is 1. The summed E-state index contributed by atoms with van der Waals surface area (Å²) in [6.45, 7) is 6.73. The van der Waals surface area contributed by atoms with Crippen LogP contribution in [0.4, 0.5) is 5.82 Å². The molecule has 1 aliphatic rings. The van der Waals surface area contributed by atoms with E-state index in [2.05, 4.69) is 38.3 Å². The van der Waals surface area contributed by atoms with Crippen LogP contribution in [0.5, 0.6) is 0 Å². The van der Waals surface area contributed by atoms with Gasteiger partial charge in [-0.3, -0.25) is 4.90 Å². The predicted octanol–water partition coefficient (Wildman–Crippen LogP) is 2.06. The van der Waals surface area contributed by atoms with E-state index in [1.54, 1.807) is 0 Å². The number of anilines is 1. The molecule has 21 heavy (non-hydrogen) atoms. The molecule has 3 heterocycles. The summed E-state index contributed by atoms with van der Waals surface area (Å²) in [4.78, 5) is 15.2. The molecule has 2 unspecified atom stereocenters. The molecule has 114 valence electrons. The zero-order valence-corrected chi connectivity index (χ0v) is 12.9. The second-order valence-corrected chi connectivity index (χ2v) is 6.09. The summed E-state index contributed by atoms with van der Waals surface area (Å²) in [6, 6.07) is 1.40. The Labute approximate surface area is 125 Å². The predicted molar refractivity (Wildman–Crippen MR) is 83.8 cm³/mol. The van der Waals surface area contributed by atoms with Gasteiger partial charge in [-0.2, -0.15) is 0 Å². The van der Waals surface area contributed by atoms with E-state index in [9.17, 15) is 0 Å². The number of aromatic nitrogens is 4. The van der Waals surface area contributed by atoms with Gasteiger partial charge in [-0.05, 0) is 33.1 Å². The van der Waals surface area contributed by atoms with E-state index in [0.29, 0.717) is 23.4 Å². The fourth-order valence-electron chi connectivity index (χ4n) is 3.40. The molecule has 0 radical (unpaired) electrons. The molecular formula is C15H24N6. The summed E-state index contributed by atoms with van der Waals surface area (Å²) in [6.07, 6.45) is 8.43. The highest BCUT2D eigenvalue weighted by atomic mass is 15.2. The number of piperidine rings is 1. The maximum absolute atomic E-state index is 5.82. The van der Waals surface area contributed by atoms with Crippen LogP contribution < -0.4 is 5.73 Å². The van der Waals surface area contributed by atoms with Gasteiger partial charge in [-0.1, -0.05) is 6.42 Å². The van der Waals surface area contributed by atoms with Gasteiger partial charge >= 0.3 is 0 Å². The first kappa shape index (κ1) is 14.3. The molecular weight excluding hydrogens is 264 g/mol. The molecule has 0 aliphatic carbocycles. The Bertz CT molecular complexity index is 597. The lowest BCUT2D eigenvalue weighted by molar-refractivity contribution is 0.101. The number of hydrogen-bond acceptors (Lipinski definition) is 5. The van der Waals surface area contributed by atoms with Crippen molar-refractivity contribution in [3.8, 4) is 0 Å². The number of hydrogen-bond donors (Lipinski definition) is 1. The molecule has 1 aliphatic heterocycles. The van der Waals surface area contributed by atoms with E-state index >= 15 is 0 Å². The first-order valence-electron chi connectivity index (χ1n) is 7.84. The first-order valence-corrected chi connectivity index (χ1v) is 7.84. The lowest BCUT2D eigenvalue weighted by Gasteiger charge is -2.39. The van der Waals surface area contributed by atoms with Crippen LogP contribution in [0.3, 0.4) is 0 Å². The van der Waals surface area contributed by atoms with Crippen LogP contribution in [0.15, 0.2) is 12.7 Å². The molecule has 0 spiro atoms. The molecule has 2 atom stereocenters. The first-order chi connectivity index (χ1) is 10.2. The van der Waals surface area contributed by atoms with Gasteiger partial charge in [0, 0.05) is 25.2 Å². The van der Waals surface area contributed by atoms with Crippen molar-refractivity contribution < 1.29 is 0 Å². The van der Waals surface area contributed by atoms with Gasteiger partial charge in [0.2, 0.25) is 0 Å². The Morgan fingerprint density at radius 2 is 1.90 bits per heavy atom. The van der Waals surface area contributed by atoms with E-state index in [0.717, 1.165) is 25.2 Å². The van der Waals surface area contributed by atoms with Crippen LogP contribution >= 0.6 is 0 Å². The average Bonchev–Trinajstić information content (AvgIpc) is 2.87. The van der Waals surface area contributed by atoms with Crippen molar-refractivity contribution >= 4 is 17.0 Å². The Kier molecular flexibility index (Phi) is 4.05. The third-order valence-electron chi connectivity index (χ3n) is 4.62. The Morgan fingerprint density at radius 1 is 1.14 bits per heavy atom. The number of aryl methyl sites for hydroxylation is 1. The smallest absolute Gasteiger partial charge is 0.165 e. The Balaban J connectivity index is 1.63. The topological polar surface area (TPSA) is 72.9 Å². The molecule has 1 fully saturated rings. The highest BCUT2D eigenvalue weighted by Crippen LogP contribution is 2.22. The molecule has 1 saturated heterocycles. The van der Waals surface area contributed by atoms with E-state index in [1.165, 1.54) is 25.6 Å². The second kappa shape index (κ2) is 5.97. The fraction of sp³-hybridized carbons (Fsp3) is 0.667. The normalized spacial score (nSPS) is 23.7. The molecule has 0 amide bonds. The van der Waals surface area contributed by atoms with Crippen molar-refractivity contribution in [2.75, 3.05) is 12.3 Å². The van der Waals surface area contributed by atoms with Crippen LogP contribution in [-0.2, 0) is 6.54 Å². The van der Waals surface area contributed by atoms with E-state index < -0.39 is 0 Å². The summed E-state index contributed by atoms with van der Waals surface area (Å²) in [7, 11) is 0. The molecule has 2 aromatic heterocycles. The molecule has 0 saturated carbocycles. The molecule has 0 bridgehead atoms. The quantitative estimate of drug-likeness (QED) is 0.932. The summed E-state index contributed by atoms with van der Waals surface area (Å²) in [5.74, 6) is 0.456. The molecule has 6 heteroatoms. The largest absolute Gasteiger partial charge is 0.382 e. The number of rotatable bonds is 4. The lowest BCUT2D eigenvalue weighted by atomic mass is 9.97. The second-order valence-electron chi connectivity index (χ2n) is 6.09. The Morgan fingerprint density at radius 3 is 2.67 bits per heavy atom. The molecule has 2 aromatic rings. The monoisotopic (exact) mass is 288 g/mol. The number of nitrogens with two attached hydrogens (primary N) is 1. The summed E-state index contributed by atoms with van der Waals surface area (Å²) in [5, 5.41) is 0. The van der Waals surface area contributed by atoms with Crippen LogP contribution in [0.2, 0.25) is 0 Å². The highest BCUT2D eigenvalue weighted by molar-refractivity contribution is 5.80. The van der Waals surface area contributed by atoms with Gasteiger partial charge in [-0.15, -0.1) is 0 Å². The minimum atomic E-state index is 0.456. The highest BCUT2D eigenvalue weighted by Gasteiger charge is 2.23. The van der Waals surface area contributed by atoms with Gasteiger partial charge in [0.1, 0.15) is 11.8 Å². The van der Waals surface area contributed by atoms with E-state index in [1.807, 2.05) is 6.33 Å². The number of nitrogens with zero attached hydrogens (tertiary/aromatic N) is 5. The average molecular weight is 288 g/mol. The number of imidazole rings is 1. The van der Waals surface area contributed by atoms with Crippen molar-refractivity contribution in [1.29, 1.82) is 0 Å². The standard InChI is InChI=1S/C15H24N6/c1-11-5-3-6-12(2)21(11)8-4-7-20-10-19-13-14(16)17-9-18-15(13)20/h9-12H,3-8H2,1-2H3,(H2,16,17,18). The number of likely N-dealkylation sites (tertiary alicyclic amines) is 1.